The number of benzene rings is 5. The Hall–Kier alpha value is -5.73. The van der Waals surface area contributed by atoms with Crippen LogP contribution in [0.2, 0.25) is 0 Å². The van der Waals surface area contributed by atoms with Gasteiger partial charge in [0.15, 0.2) is 4.80 Å². The number of fused-ring (bicyclic) bond motifs is 2. The van der Waals surface area contributed by atoms with Crippen LogP contribution in [0.1, 0.15) is 35.2 Å². The topological polar surface area (TPSA) is 79.1 Å². The molecule has 7 nitrogen and oxygen atoms in total. The first kappa shape index (κ1) is 30.9. The molecule has 0 amide bonds. The highest BCUT2D eigenvalue weighted by molar-refractivity contribution is 7.07. The van der Waals surface area contributed by atoms with E-state index in [1.807, 2.05) is 103 Å². The second-order valence-electron chi connectivity index (χ2n) is 11.2. The maximum atomic E-state index is 14.2. The Balaban J connectivity index is 1.28. The summed E-state index contributed by atoms with van der Waals surface area (Å²) in [7, 11) is 1.59. The number of ether oxygens (including phenoxy) is 3. The normalized spacial score (nSPS) is 14.4. The number of rotatable bonds is 9. The van der Waals surface area contributed by atoms with Gasteiger partial charge >= 0.3 is 5.97 Å². The molecule has 2 heterocycles. The van der Waals surface area contributed by atoms with Crippen LogP contribution < -0.4 is 24.4 Å². The molecule has 1 atom stereocenters. The first-order valence-electron chi connectivity index (χ1n) is 15.7. The molecule has 0 bridgehead atoms. The van der Waals surface area contributed by atoms with E-state index in [1.165, 1.54) is 22.1 Å². The SMILES string of the molecule is CCOC(=O)C1=C(c2ccccc2)N=c2s/c(=C\c3ccc(OCc4cccc5ccccc45)cc3)c(=O)n2[C@@H]1c1cccc(OC)c1. The predicted octanol–water partition coefficient (Wildman–Crippen LogP) is 6.68. The number of hydrogen-bond donors (Lipinski definition) is 0. The van der Waals surface area contributed by atoms with Crippen LogP contribution in [-0.2, 0) is 16.1 Å². The van der Waals surface area contributed by atoms with Crippen molar-refractivity contribution in [2.24, 2.45) is 4.99 Å². The molecule has 238 valence electrons. The van der Waals surface area contributed by atoms with Crippen LogP contribution in [0, 0.1) is 0 Å². The van der Waals surface area contributed by atoms with Crippen molar-refractivity contribution in [3.63, 3.8) is 0 Å². The Kier molecular flexibility index (Phi) is 8.72. The number of thiazole rings is 1. The van der Waals surface area contributed by atoms with Crippen LogP contribution in [0.5, 0.6) is 11.5 Å². The van der Waals surface area contributed by atoms with Crippen LogP contribution in [-0.4, -0.2) is 24.3 Å². The van der Waals surface area contributed by atoms with Gasteiger partial charge in [-0.15, -0.1) is 0 Å². The molecule has 0 aliphatic carbocycles. The molecule has 1 aliphatic rings. The summed E-state index contributed by atoms with van der Waals surface area (Å²) in [6.45, 7) is 2.38. The molecule has 7 rings (SSSR count). The van der Waals surface area contributed by atoms with E-state index in [0.29, 0.717) is 38.5 Å². The molecule has 0 spiro atoms. The molecule has 5 aromatic carbocycles. The standard InChI is InChI=1S/C40H32N2O5S/c1-3-46-39(44)35-36(28-12-5-4-6-13-28)41-40-42(37(35)29-15-10-17-32(24-29)45-2)38(43)34(48-40)23-26-19-21-31(22-20-26)47-25-30-16-9-14-27-11-7-8-18-33(27)30/h4-24,37H,3,25H2,1-2H3/b34-23-/t37-/m1/s1. The highest BCUT2D eigenvalue weighted by Crippen LogP contribution is 2.36. The van der Waals surface area contributed by atoms with Gasteiger partial charge in [0.25, 0.3) is 5.56 Å². The third-order valence-electron chi connectivity index (χ3n) is 8.24. The number of esters is 1. The molecule has 0 saturated heterocycles. The van der Waals surface area contributed by atoms with E-state index in [1.54, 1.807) is 18.6 Å². The summed E-state index contributed by atoms with van der Waals surface area (Å²) in [5.74, 6) is 0.811. The fourth-order valence-electron chi connectivity index (χ4n) is 5.96. The van der Waals surface area contributed by atoms with Crippen LogP contribution in [0.25, 0.3) is 22.5 Å². The van der Waals surface area contributed by atoms with E-state index < -0.39 is 12.0 Å². The zero-order chi connectivity index (χ0) is 33.0. The van der Waals surface area contributed by atoms with Crippen molar-refractivity contribution >= 4 is 39.9 Å². The van der Waals surface area contributed by atoms with Crippen molar-refractivity contribution in [2.45, 2.75) is 19.6 Å². The Labute approximate surface area is 281 Å². The quantitative estimate of drug-likeness (QED) is 0.163. The van der Waals surface area contributed by atoms with Gasteiger partial charge in [0.2, 0.25) is 0 Å². The number of carbonyl (C=O) groups is 1. The lowest BCUT2D eigenvalue weighted by molar-refractivity contribution is -0.138. The summed E-state index contributed by atoms with van der Waals surface area (Å²) in [5.41, 5.74) is 3.93. The fourth-order valence-corrected chi connectivity index (χ4v) is 6.96. The molecular formula is C40H32N2O5S. The molecule has 8 heteroatoms. The number of nitrogens with zero attached hydrogens (tertiary/aromatic N) is 2. The Morgan fingerprint density at radius 3 is 2.42 bits per heavy atom. The molecule has 0 saturated carbocycles. The lowest BCUT2D eigenvalue weighted by atomic mass is 9.93. The summed E-state index contributed by atoms with van der Waals surface area (Å²) in [6, 6.07) is 38.2. The minimum Gasteiger partial charge on any atom is -0.497 e. The van der Waals surface area contributed by atoms with Gasteiger partial charge in [-0.3, -0.25) is 9.36 Å². The molecule has 6 aromatic rings. The zero-order valence-corrected chi connectivity index (χ0v) is 27.3. The molecule has 1 aliphatic heterocycles. The van der Waals surface area contributed by atoms with Gasteiger partial charge in [0, 0.05) is 5.56 Å². The summed E-state index contributed by atoms with van der Waals surface area (Å²) in [4.78, 5) is 33.3. The van der Waals surface area contributed by atoms with E-state index in [4.69, 9.17) is 19.2 Å². The summed E-state index contributed by atoms with van der Waals surface area (Å²) < 4.78 is 19.3. The van der Waals surface area contributed by atoms with Gasteiger partial charge in [0.05, 0.1) is 35.6 Å². The van der Waals surface area contributed by atoms with Gasteiger partial charge < -0.3 is 14.2 Å². The van der Waals surface area contributed by atoms with E-state index in [9.17, 15) is 9.59 Å². The monoisotopic (exact) mass is 652 g/mol. The number of methoxy groups -OCH3 is 1. The van der Waals surface area contributed by atoms with Crippen LogP contribution in [0.3, 0.4) is 0 Å². The Morgan fingerprint density at radius 2 is 1.62 bits per heavy atom. The molecule has 0 radical (unpaired) electrons. The largest absolute Gasteiger partial charge is 0.497 e. The molecule has 0 unspecified atom stereocenters. The highest BCUT2D eigenvalue weighted by atomic mass is 32.1. The van der Waals surface area contributed by atoms with Gasteiger partial charge in [-0.05, 0) is 64.7 Å². The van der Waals surface area contributed by atoms with Crippen molar-refractivity contribution in [1.82, 2.24) is 4.57 Å². The fraction of sp³-hybridized carbons (Fsp3) is 0.125. The lowest BCUT2D eigenvalue weighted by Crippen LogP contribution is -2.40. The smallest absolute Gasteiger partial charge is 0.338 e. The van der Waals surface area contributed by atoms with Crippen molar-refractivity contribution in [3.05, 3.63) is 169 Å². The van der Waals surface area contributed by atoms with Gasteiger partial charge in [-0.2, -0.15) is 0 Å². The molecule has 48 heavy (non-hydrogen) atoms. The summed E-state index contributed by atoms with van der Waals surface area (Å²) in [5, 5.41) is 2.34. The highest BCUT2D eigenvalue weighted by Gasteiger charge is 2.35. The Bertz CT molecular complexity index is 2330. The van der Waals surface area contributed by atoms with Crippen LogP contribution in [0.15, 0.2) is 137 Å². The molecule has 0 N–H and O–H groups in total. The van der Waals surface area contributed by atoms with E-state index in [-0.39, 0.29) is 12.2 Å². The van der Waals surface area contributed by atoms with Crippen molar-refractivity contribution < 1.29 is 19.0 Å². The average Bonchev–Trinajstić information content (AvgIpc) is 3.44. The van der Waals surface area contributed by atoms with Crippen molar-refractivity contribution in [2.75, 3.05) is 13.7 Å². The minimum absolute atomic E-state index is 0.182. The first-order chi connectivity index (χ1) is 23.5. The maximum absolute atomic E-state index is 14.2. The Morgan fingerprint density at radius 1 is 0.875 bits per heavy atom. The zero-order valence-electron chi connectivity index (χ0n) is 26.5. The number of aromatic nitrogens is 1. The van der Waals surface area contributed by atoms with Gasteiger partial charge in [-0.1, -0.05) is 108 Å². The number of hydrogen-bond acceptors (Lipinski definition) is 7. The molecular weight excluding hydrogens is 621 g/mol. The van der Waals surface area contributed by atoms with Gasteiger partial charge in [0.1, 0.15) is 18.1 Å². The summed E-state index contributed by atoms with van der Waals surface area (Å²) >= 11 is 1.28. The van der Waals surface area contributed by atoms with E-state index >= 15 is 0 Å². The van der Waals surface area contributed by atoms with Crippen LogP contribution >= 0.6 is 11.3 Å². The van der Waals surface area contributed by atoms with E-state index in [2.05, 4.69) is 24.3 Å². The van der Waals surface area contributed by atoms with Gasteiger partial charge in [-0.25, -0.2) is 9.79 Å². The predicted molar refractivity (Wildman–Crippen MR) is 189 cm³/mol. The van der Waals surface area contributed by atoms with E-state index in [0.717, 1.165) is 22.4 Å². The second-order valence-corrected chi connectivity index (χ2v) is 12.2. The average molecular weight is 653 g/mol. The molecule has 1 aromatic heterocycles. The maximum Gasteiger partial charge on any atom is 0.338 e. The first-order valence-corrected chi connectivity index (χ1v) is 16.5. The van der Waals surface area contributed by atoms with Crippen LogP contribution in [0.4, 0.5) is 0 Å². The van der Waals surface area contributed by atoms with Crippen molar-refractivity contribution in [3.8, 4) is 11.5 Å². The minimum atomic E-state index is -0.780. The molecule has 0 fully saturated rings. The second kappa shape index (κ2) is 13.6. The van der Waals surface area contributed by atoms with Crippen molar-refractivity contribution in [1.29, 1.82) is 0 Å². The lowest BCUT2D eigenvalue weighted by Gasteiger charge is -2.26. The number of carbonyl (C=O) groups excluding carboxylic acids is 1. The summed E-state index contributed by atoms with van der Waals surface area (Å²) in [6.07, 6.45) is 1.84. The third-order valence-corrected chi connectivity index (χ3v) is 9.22. The third kappa shape index (κ3) is 6.06.